The van der Waals surface area contributed by atoms with Gasteiger partial charge < -0.3 is 15.1 Å². The van der Waals surface area contributed by atoms with Crippen LogP contribution >= 0.6 is 0 Å². The highest BCUT2D eigenvalue weighted by Crippen LogP contribution is 2.05. The highest BCUT2D eigenvalue weighted by Gasteiger charge is 2.18. The van der Waals surface area contributed by atoms with Crippen molar-refractivity contribution in [3.8, 4) is 0 Å². The van der Waals surface area contributed by atoms with Crippen LogP contribution in [0.15, 0.2) is 0 Å². The minimum atomic E-state index is 0.683. The van der Waals surface area contributed by atoms with Gasteiger partial charge in [0.1, 0.15) is 0 Å². The van der Waals surface area contributed by atoms with Crippen LogP contribution in [0.4, 0.5) is 0 Å². The predicted molar refractivity (Wildman–Crippen MR) is 52.5 cm³/mol. The fourth-order valence-electron chi connectivity index (χ4n) is 1.82. The number of hydrogen-bond acceptors (Lipinski definition) is 3. The summed E-state index contributed by atoms with van der Waals surface area (Å²) in [7, 11) is 6.46. The molecule has 1 atom stereocenters. The van der Waals surface area contributed by atoms with Crippen molar-refractivity contribution in [2.75, 3.05) is 47.3 Å². The molecule has 0 aromatic heterocycles. The van der Waals surface area contributed by atoms with Gasteiger partial charge in [-0.2, -0.15) is 0 Å². The molecule has 72 valence electrons. The van der Waals surface area contributed by atoms with Gasteiger partial charge in [0.05, 0.1) is 0 Å². The fraction of sp³-hybridized carbons (Fsp3) is 1.00. The molecule has 1 heterocycles. The highest BCUT2D eigenvalue weighted by molar-refractivity contribution is 4.77. The van der Waals surface area contributed by atoms with Gasteiger partial charge >= 0.3 is 0 Å². The smallest absolute Gasteiger partial charge is 0.0344 e. The van der Waals surface area contributed by atoms with Crippen molar-refractivity contribution in [1.82, 2.24) is 15.1 Å². The third kappa shape index (κ3) is 2.73. The number of likely N-dealkylation sites (N-methyl/N-ethyl adjacent to an activating group) is 3. The molecule has 1 aliphatic rings. The van der Waals surface area contributed by atoms with E-state index in [9.17, 15) is 0 Å². The van der Waals surface area contributed by atoms with Crippen LogP contribution in [0.25, 0.3) is 0 Å². The normalized spacial score (nSPS) is 28.8. The summed E-state index contributed by atoms with van der Waals surface area (Å²) in [6, 6.07) is 0.683. The van der Waals surface area contributed by atoms with E-state index >= 15 is 0 Å². The Morgan fingerprint density at radius 3 is 2.75 bits per heavy atom. The average molecular weight is 171 g/mol. The molecular weight excluding hydrogens is 150 g/mol. The van der Waals surface area contributed by atoms with Gasteiger partial charge in [0.15, 0.2) is 0 Å². The van der Waals surface area contributed by atoms with Crippen molar-refractivity contribution in [1.29, 1.82) is 0 Å². The van der Waals surface area contributed by atoms with Gasteiger partial charge in [-0.25, -0.2) is 0 Å². The van der Waals surface area contributed by atoms with Gasteiger partial charge in [-0.05, 0) is 40.7 Å². The summed E-state index contributed by atoms with van der Waals surface area (Å²) in [5.41, 5.74) is 0. The second-order valence-corrected chi connectivity index (χ2v) is 3.81. The standard InChI is InChI=1S/C9H21N3/c1-10-7-9-8-11(2)5-4-6-12(9)3/h9-10H,4-8H2,1-3H3. The molecule has 1 saturated heterocycles. The first kappa shape index (κ1) is 9.96. The first-order chi connectivity index (χ1) is 5.74. The Balaban J connectivity index is 2.42. The number of nitrogens with one attached hydrogen (secondary N) is 1. The quantitative estimate of drug-likeness (QED) is 0.623. The van der Waals surface area contributed by atoms with Crippen molar-refractivity contribution in [2.45, 2.75) is 12.5 Å². The summed E-state index contributed by atoms with van der Waals surface area (Å²) in [5, 5.41) is 3.25. The maximum Gasteiger partial charge on any atom is 0.0344 e. The lowest BCUT2D eigenvalue weighted by molar-refractivity contribution is 0.223. The van der Waals surface area contributed by atoms with Gasteiger partial charge in [0.2, 0.25) is 0 Å². The van der Waals surface area contributed by atoms with E-state index in [0.717, 1.165) is 6.54 Å². The Morgan fingerprint density at radius 1 is 1.33 bits per heavy atom. The van der Waals surface area contributed by atoms with Gasteiger partial charge in [-0.3, -0.25) is 0 Å². The molecule has 1 aliphatic heterocycles. The first-order valence-electron chi connectivity index (χ1n) is 4.77. The van der Waals surface area contributed by atoms with Crippen LogP contribution in [0.5, 0.6) is 0 Å². The largest absolute Gasteiger partial charge is 0.318 e. The molecule has 1 fully saturated rings. The number of hydrogen-bond donors (Lipinski definition) is 1. The van der Waals surface area contributed by atoms with Gasteiger partial charge in [0.25, 0.3) is 0 Å². The van der Waals surface area contributed by atoms with Crippen LogP contribution in [0.1, 0.15) is 6.42 Å². The van der Waals surface area contributed by atoms with Crippen LogP contribution in [0.2, 0.25) is 0 Å². The van der Waals surface area contributed by atoms with E-state index in [4.69, 9.17) is 0 Å². The highest BCUT2D eigenvalue weighted by atomic mass is 15.2. The van der Waals surface area contributed by atoms with Crippen LogP contribution in [0.3, 0.4) is 0 Å². The lowest BCUT2D eigenvalue weighted by Gasteiger charge is -2.26. The van der Waals surface area contributed by atoms with Crippen molar-refractivity contribution < 1.29 is 0 Å². The van der Waals surface area contributed by atoms with Crippen molar-refractivity contribution >= 4 is 0 Å². The molecule has 0 bridgehead atoms. The Morgan fingerprint density at radius 2 is 2.08 bits per heavy atom. The monoisotopic (exact) mass is 171 g/mol. The zero-order chi connectivity index (χ0) is 8.97. The molecule has 0 aromatic rings. The molecule has 3 heteroatoms. The topological polar surface area (TPSA) is 18.5 Å². The summed E-state index contributed by atoms with van der Waals surface area (Å²) < 4.78 is 0. The zero-order valence-electron chi connectivity index (χ0n) is 8.51. The maximum atomic E-state index is 3.25. The third-order valence-electron chi connectivity index (χ3n) is 2.64. The van der Waals surface area contributed by atoms with Crippen molar-refractivity contribution in [3.05, 3.63) is 0 Å². The van der Waals surface area contributed by atoms with E-state index in [-0.39, 0.29) is 0 Å². The Kier molecular flexibility index (Phi) is 3.98. The third-order valence-corrected chi connectivity index (χ3v) is 2.64. The second-order valence-electron chi connectivity index (χ2n) is 3.81. The zero-order valence-corrected chi connectivity index (χ0v) is 8.51. The van der Waals surface area contributed by atoms with Crippen LogP contribution in [0, 0.1) is 0 Å². The van der Waals surface area contributed by atoms with E-state index in [1.807, 2.05) is 7.05 Å². The molecule has 0 aromatic carbocycles. The molecule has 0 saturated carbocycles. The molecule has 0 spiro atoms. The molecule has 3 nitrogen and oxygen atoms in total. The van der Waals surface area contributed by atoms with Crippen LogP contribution < -0.4 is 5.32 Å². The Labute approximate surface area is 75.7 Å². The van der Waals surface area contributed by atoms with E-state index < -0.39 is 0 Å². The predicted octanol–water partition coefficient (Wildman–Crippen LogP) is -0.158. The summed E-state index contributed by atoms with van der Waals surface area (Å²) in [4.78, 5) is 4.88. The molecule has 1 unspecified atom stereocenters. The number of rotatable bonds is 2. The lowest BCUT2D eigenvalue weighted by Crippen LogP contribution is -2.43. The Hall–Kier alpha value is -0.120. The molecule has 0 radical (unpaired) electrons. The van der Waals surface area contributed by atoms with Crippen LogP contribution in [-0.4, -0.2) is 63.2 Å². The average Bonchev–Trinajstić information content (AvgIpc) is 2.16. The van der Waals surface area contributed by atoms with E-state index in [1.54, 1.807) is 0 Å². The number of nitrogens with zero attached hydrogens (tertiary/aromatic N) is 2. The summed E-state index contributed by atoms with van der Waals surface area (Å²) in [6.07, 6.45) is 1.30. The van der Waals surface area contributed by atoms with E-state index in [1.165, 1.54) is 26.1 Å². The van der Waals surface area contributed by atoms with E-state index in [0.29, 0.717) is 6.04 Å². The molecule has 0 amide bonds. The minimum absolute atomic E-state index is 0.683. The summed E-state index contributed by atoms with van der Waals surface area (Å²) in [5.74, 6) is 0. The van der Waals surface area contributed by atoms with Crippen molar-refractivity contribution in [2.24, 2.45) is 0 Å². The molecular formula is C9H21N3. The molecule has 12 heavy (non-hydrogen) atoms. The van der Waals surface area contributed by atoms with Crippen molar-refractivity contribution in [3.63, 3.8) is 0 Å². The Bertz CT molecular complexity index is 127. The van der Waals surface area contributed by atoms with Gasteiger partial charge in [-0.1, -0.05) is 0 Å². The van der Waals surface area contributed by atoms with Gasteiger partial charge in [0, 0.05) is 19.1 Å². The summed E-state index contributed by atoms with van der Waals surface area (Å²) in [6.45, 7) is 4.76. The SMILES string of the molecule is CNCC1CN(C)CCCN1C. The second kappa shape index (κ2) is 4.80. The fourth-order valence-corrected chi connectivity index (χ4v) is 1.82. The van der Waals surface area contributed by atoms with E-state index in [2.05, 4.69) is 29.2 Å². The lowest BCUT2D eigenvalue weighted by atomic mass is 10.2. The molecule has 1 rings (SSSR count). The maximum absolute atomic E-state index is 3.25. The summed E-state index contributed by atoms with van der Waals surface area (Å²) >= 11 is 0. The minimum Gasteiger partial charge on any atom is -0.318 e. The molecule has 0 aliphatic carbocycles. The molecule has 1 N–H and O–H groups in total. The van der Waals surface area contributed by atoms with Gasteiger partial charge in [-0.15, -0.1) is 0 Å². The van der Waals surface area contributed by atoms with Crippen LogP contribution in [-0.2, 0) is 0 Å². The first-order valence-corrected chi connectivity index (χ1v) is 4.77.